The summed E-state index contributed by atoms with van der Waals surface area (Å²) in [5, 5.41) is 11.4. The van der Waals surface area contributed by atoms with E-state index in [0.717, 1.165) is 25.9 Å². The van der Waals surface area contributed by atoms with E-state index in [0.29, 0.717) is 29.8 Å². The molecule has 0 unspecified atom stereocenters. The predicted octanol–water partition coefficient (Wildman–Crippen LogP) is 2.51. The number of nitrogens with one attached hydrogen (secondary N) is 1. The molecule has 0 spiro atoms. The number of hydrogen-bond acceptors (Lipinski definition) is 4. The second-order valence-corrected chi connectivity index (χ2v) is 6.06. The van der Waals surface area contributed by atoms with E-state index in [9.17, 15) is 14.4 Å². The Kier molecular flexibility index (Phi) is 6.80. The van der Waals surface area contributed by atoms with Gasteiger partial charge in [-0.25, -0.2) is 0 Å². The third kappa shape index (κ3) is 5.48. The summed E-state index contributed by atoms with van der Waals surface area (Å²) in [6.45, 7) is 1.52. The molecule has 0 bridgehead atoms. The van der Waals surface area contributed by atoms with Gasteiger partial charge in [0.1, 0.15) is 5.75 Å². The topological polar surface area (TPSA) is 95.9 Å². The van der Waals surface area contributed by atoms with Crippen molar-refractivity contribution in [1.82, 2.24) is 4.90 Å². The number of nitrogens with zero attached hydrogens (tertiary/aromatic N) is 1. The molecular formula is C18H24N2O5. The van der Waals surface area contributed by atoms with E-state index in [-0.39, 0.29) is 24.7 Å². The number of carbonyl (C=O) groups is 3. The van der Waals surface area contributed by atoms with Gasteiger partial charge in [-0.3, -0.25) is 14.4 Å². The van der Waals surface area contributed by atoms with E-state index in [4.69, 9.17) is 9.84 Å². The number of likely N-dealkylation sites (tertiary alicyclic amines) is 1. The van der Waals surface area contributed by atoms with E-state index in [1.165, 1.54) is 7.11 Å². The highest BCUT2D eigenvalue weighted by Gasteiger charge is 2.20. The molecule has 0 aromatic heterocycles. The van der Waals surface area contributed by atoms with Crippen LogP contribution in [0, 0.1) is 0 Å². The number of unbranched alkanes of at least 4 members (excludes halogenated alkanes) is 1. The molecule has 1 saturated heterocycles. The summed E-state index contributed by atoms with van der Waals surface area (Å²) in [6.07, 6.45) is 3.25. The van der Waals surface area contributed by atoms with Crippen LogP contribution >= 0.6 is 0 Å². The number of methoxy groups -OCH3 is 1. The fourth-order valence-electron chi connectivity index (χ4n) is 2.82. The number of aliphatic carboxylic acids is 1. The molecule has 25 heavy (non-hydrogen) atoms. The maximum atomic E-state index is 12.5. The van der Waals surface area contributed by atoms with Gasteiger partial charge < -0.3 is 20.1 Å². The quantitative estimate of drug-likeness (QED) is 0.704. The first-order valence-corrected chi connectivity index (χ1v) is 8.50. The largest absolute Gasteiger partial charge is 0.495 e. The van der Waals surface area contributed by atoms with E-state index >= 15 is 0 Å². The number of rotatable bonds is 8. The summed E-state index contributed by atoms with van der Waals surface area (Å²) in [5.74, 6) is -0.654. The van der Waals surface area contributed by atoms with Crippen molar-refractivity contribution in [3.05, 3.63) is 23.8 Å². The molecule has 2 amide bonds. The molecule has 0 saturated carbocycles. The number of carbonyl (C=O) groups excluding carboxylic acids is 2. The van der Waals surface area contributed by atoms with Crippen molar-refractivity contribution in [2.45, 2.75) is 38.5 Å². The van der Waals surface area contributed by atoms with Crippen LogP contribution in [0.4, 0.5) is 5.69 Å². The predicted molar refractivity (Wildman–Crippen MR) is 92.9 cm³/mol. The number of amides is 2. The molecule has 7 nitrogen and oxygen atoms in total. The molecule has 1 aliphatic rings. The molecule has 2 rings (SSSR count). The van der Waals surface area contributed by atoms with Crippen LogP contribution in [0.15, 0.2) is 18.2 Å². The van der Waals surface area contributed by atoms with Crippen molar-refractivity contribution in [1.29, 1.82) is 0 Å². The number of ether oxygens (including phenoxy) is 1. The van der Waals surface area contributed by atoms with Crippen LogP contribution in [0.1, 0.15) is 48.9 Å². The minimum Gasteiger partial charge on any atom is -0.495 e. The number of carboxylic acid groups (broad SMARTS) is 1. The second-order valence-electron chi connectivity index (χ2n) is 6.06. The molecule has 1 aliphatic heterocycles. The van der Waals surface area contributed by atoms with Gasteiger partial charge in [-0.15, -0.1) is 0 Å². The average Bonchev–Trinajstić information content (AvgIpc) is 3.12. The molecule has 0 aliphatic carbocycles. The summed E-state index contributed by atoms with van der Waals surface area (Å²) in [4.78, 5) is 36.8. The number of anilines is 1. The van der Waals surface area contributed by atoms with Gasteiger partial charge in [0.15, 0.2) is 0 Å². The van der Waals surface area contributed by atoms with Crippen molar-refractivity contribution in [3.63, 3.8) is 0 Å². The number of hydrogen-bond donors (Lipinski definition) is 2. The van der Waals surface area contributed by atoms with Gasteiger partial charge in [-0.2, -0.15) is 0 Å². The molecule has 7 heteroatoms. The van der Waals surface area contributed by atoms with E-state index in [2.05, 4.69) is 5.32 Å². The molecule has 1 heterocycles. The molecular weight excluding hydrogens is 324 g/mol. The maximum absolute atomic E-state index is 12.5. The molecule has 2 N–H and O–H groups in total. The monoisotopic (exact) mass is 348 g/mol. The fraction of sp³-hybridized carbons (Fsp3) is 0.500. The summed E-state index contributed by atoms with van der Waals surface area (Å²) in [7, 11) is 1.50. The van der Waals surface area contributed by atoms with Gasteiger partial charge in [0.25, 0.3) is 5.91 Å². The van der Waals surface area contributed by atoms with Gasteiger partial charge in [0.2, 0.25) is 5.91 Å². The second kappa shape index (κ2) is 9.05. The van der Waals surface area contributed by atoms with Gasteiger partial charge in [0, 0.05) is 31.5 Å². The molecule has 0 atom stereocenters. The van der Waals surface area contributed by atoms with Gasteiger partial charge in [-0.1, -0.05) is 0 Å². The van der Waals surface area contributed by atoms with Crippen LogP contribution in [-0.4, -0.2) is 48.0 Å². The van der Waals surface area contributed by atoms with Gasteiger partial charge >= 0.3 is 5.97 Å². The van der Waals surface area contributed by atoms with Crippen molar-refractivity contribution >= 4 is 23.5 Å². The Morgan fingerprint density at radius 2 is 1.84 bits per heavy atom. The zero-order chi connectivity index (χ0) is 18.2. The summed E-state index contributed by atoms with van der Waals surface area (Å²) in [6, 6.07) is 5.00. The van der Waals surface area contributed by atoms with Gasteiger partial charge in [-0.05, 0) is 43.9 Å². The van der Waals surface area contributed by atoms with Crippen LogP contribution in [0.5, 0.6) is 5.75 Å². The Labute approximate surface area is 147 Å². The number of benzene rings is 1. The lowest BCUT2D eigenvalue weighted by Crippen LogP contribution is -2.27. The molecule has 0 radical (unpaired) electrons. The lowest BCUT2D eigenvalue weighted by Gasteiger charge is -2.17. The van der Waals surface area contributed by atoms with E-state index in [1.807, 2.05) is 0 Å². The van der Waals surface area contributed by atoms with Crippen LogP contribution in [0.25, 0.3) is 0 Å². The highest BCUT2D eigenvalue weighted by atomic mass is 16.5. The summed E-state index contributed by atoms with van der Waals surface area (Å²) < 4.78 is 5.25. The third-order valence-corrected chi connectivity index (χ3v) is 4.16. The Morgan fingerprint density at radius 3 is 2.48 bits per heavy atom. The van der Waals surface area contributed by atoms with E-state index in [1.54, 1.807) is 23.1 Å². The lowest BCUT2D eigenvalue weighted by molar-refractivity contribution is -0.137. The Hall–Kier alpha value is -2.57. The first kappa shape index (κ1) is 18.8. The SMILES string of the molecule is COc1ccc(C(=O)N2CCCC2)cc1NC(=O)CCCCC(=O)O. The Morgan fingerprint density at radius 1 is 1.16 bits per heavy atom. The smallest absolute Gasteiger partial charge is 0.303 e. The first-order valence-electron chi connectivity index (χ1n) is 8.50. The highest BCUT2D eigenvalue weighted by Crippen LogP contribution is 2.27. The maximum Gasteiger partial charge on any atom is 0.303 e. The highest BCUT2D eigenvalue weighted by molar-refractivity contribution is 5.98. The van der Waals surface area contributed by atoms with Crippen molar-refractivity contribution in [2.24, 2.45) is 0 Å². The number of carboxylic acids is 1. The molecule has 1 aromatic carbocycles. The Bertz CT molecular complexity index is 638. The van der Waals surface area contributed by atoms with Crippen LogP contribution < -0.4 is 10.1 Å². The molecule has 1 aromatic rings. The lowest BCUT2D eigenvalue weighted by atomic mass is 10.1. The standard InChI is InChI=1S/C18H24N2O5/c1-25-15-9-8-13(18(24)20-10-4-5-11-20)12-14(15)19-16(21)6-2-3-7-17(22)23/h8-9,12H,2-7,10-11H2,1H3,(H,19,21)(H,22,23). The minimum atomic E-state index is -0.866. The average molecular weight is 348 g/mol. The van der Waals surface area contributed by atoms with Gasteiger partial charge in [0.05, 0.1) is 12.8 Å². The summed E-state index contributed by atoms with van der Waals surface area (Å²) in [5.41, 5.74) is 0.972. The normalized spacial score (nSPS) is 13.6. The van der Waals surface area contributed by atoms with Crippen molar-refractivity contribution < 1.29 is 24.2 Å². The third-order valence-electron chi connectivity index (χ3n) is 4.16. The van der Waals surface area contributed by atoms with Crippen molar-refractivity contribution in [3.8, 4) is 5.75 Å². The molecule has 1 fully saturated rings. The van der Waals surface area contributed by atoms with Crippen LogP contribution in [0.3, 0.4) is 0 Å². The summed E-state index contributed by atoms with van der Waals surface area (Å²) >= 11 is 0. The Balaban J connectivity index is 2.00. The first-order chi connectivity index (χ1) is 12.0. The minimum absolute atomic E-state index is 0.0443. The van der Waals surface area contributed by atoms with Crippen molar-refractivity contribution in [2.75, 3.05) is 25.5 Å². The van der Waals surface area contributed by atoms with E-state index < -0.39 is 5.97 Å². The zero-order valence-electron chi connectivity index (χ0n) is 14.4. The van der Waals surface area contributed by atoms with Crippen LogP contribution in [-0.2, 0) is 9.59 Å². The fourth-order valence-corrected chi connectivity index (χ4v) is 2.82. The zero-order valence-corrected chi connectivity index (χ0v) is 14.4. The molecule has 136 valence electrons. The van der Waals surface area contributed by atoms with Crippen LogP contribution in [0.2, 0.25) is 0 Å².